The Hall–Kier alpha value is -1.86. The van der Waals surface area contributed by atoms with Crippen molar-refractivity contribution in [2.75, 3.05) is 16.2 Å². The van der Waals surface area contributed by atoms with Gasteiger partial charge in [-0.3, -0.25) is 9.10 Å². The number of rotatable bonds is 5. The Morgan fingerprint density at radius 3 is 2.80 bits per heavy atom. The summed E-state index contributed by atoms with van der Waals surface area (Å²) in [6.45, 7) is 4.43. The normalized spacial score (nSPS) is 14.4. The van der Waals surface area contributed by atoms with Gasteiger partial charge in [-0.15, -0.1) is 11.3 Å². The molecule has 2 heterocycles. The van der Waals surface area contributed by atoms with Crippen LogP contribution in [-0.2, 0) is 21.2 Å². The highest BCUT2D eigenvalue weighted by Crippen LogP contribution is 2.35. The molecule has 0 spiro atoms. The molecule has 0 bridgehead atoms. The second-order valence-corrected chi connectivity index (χ2v) is 9.64. The minimum absolute atomic E-state index is 0.0570. The first kappa shape index (κ1) is 17.9. The zero-order valence-electron chi connectivity index (χ0n) is 14.4. The van der Waals surface area contributed by atoms with Crippen molar-refractivity contribution in [1.29, 1.82) is 0 Å². The van der Waals surface area contributed by atoms with Crippen molar-refractivity contribution in [3.05, 3.63) is 41.3 Å². The van der Waals surface area contributed by atoms with Gasteiger partial charge in [0.1, 0.15) is 4.21 Å². The lowest BCUT2D eigenvalue weighted by molar-refractivity contribution is -0.116. The summed E-state index contributed by atoms with van der Waals surface area (Å²) in [7, 11) is -3.56. The van der Waals surface area contributed by atoms with Crippen LogP contribution >= 0.6 is 11.3 Å². The maximum Gasteiger partial charge on any atom is 0.273 e. The van der Waals surface area contributed by atoms with Gasteiger partial charge in [0.25, 0.3) is 10.0 Å². The van der Waals surface area contributed by atoms with E-state index in [1.165, 1.54) is 15.6 Å². The number of benzene rings is 1. The zero-order valence-corrected chi connectivity index (χ0v) is 16.0. The Kier molecular flexibility index (Phi) is 5.15. The fourth-order valence-corrected chi connectivity index (χ4v) is 5.61. The van der Waals surface area contributed by atoms with Crippen molar-refractivity contribution >= 4 is 38.6 Å². The highest BCUT2D eigenvalue weighted by atomic mass is 32.2. The summed E-state index contributed by atoms with van der Waals surface area (Å²) in [5, 5.41) is 4.64. The molecule has 0 atom stereocenters. The molecule has 0 saturated heterocycles. The average Bonchev–Trinajstić information content (AvgIpc) is 3.08. The summed E-state index contributed by atoms with van der Waals surface area (Å²) >= 11 is 1.22. The number of hydrogen-bond acceptors (Lipinski definition) is 4. The van der Waals surface area contributed by atoms with Gasteiger partial charge in [0.15, 0.2) is 0 Å². The maximum atomic E-state index is 12.9. The Morgan fingerprint density at radius 1 is 1.32 bits per heavy atom. The van der Waals surface area contributed by atoms with Gasteiger partial charge in [-0.25, -0.2) is 8.42 Å². The Morgan fingerprint density at radius 2 is 2.12 bits per heavy atom. The fraction of sp³-hybridized carbons (Fsp3) is 0.389. The summed E-state index contributed by atoms with van der Waals surface area (Å²) in [6.07, 6.45) is 2.07. The molecule has 1 aliphatic heterocycles. The number of fused-ring (bicyclic) bond motifs is 1. The molecule has 134 valence electrons. The minimum atomic E-state index is -3.56. The first-order valence-corrected chi connectivity index (χ1v) is 10.7. The van der Waals surface area contributed by atoms with Crippen molar-refractivity contribution in [1.82, 2.24) is 0 Å². The van der Waals surface area contributed by atoms with Crippen molar-refractivity contribution in [2.45, 2.75) is 37.3 Å². The summed E-state index contributed by atoms with van der Waals surface area (Å²) in [5.74, 6) is 0.215. The number of thiophene rings is 1. The van der Waals surface area contributed by atoms with Gasteiger partial charge in [-0.05, 0) is 47.9 Å². The van der Waals surface area contributed by atoms with E-state index in [4.69, 9.17) is 0 Å². The van der Waals surface area contributed by atoms with Crippen molar-refractivity contribution in [3.63, 3.8) is 0 Å². The van der Waals surface area contributed by atoms with E-state index in [9.17, 15) is 13.2 Å². The van der Waals surface area contributed by atoms with Crippen LogP contribution in [0.15, 0.2) is 39.9 Å². The molecule has 2 aromatic rings. The van der Waals surface area contributed by atoms with Gasteiger partial charge in [-0.2, -0.15) is 0 Å². The zero-order chi connectivity index (χ0) is 18.0. The van der Waals surface area contributed by atoms with Crippen molar-refractivity contribution in [2.24, 2.45) is 5.92 Å². The lowest BCUT2D eigenvalue weighted by Crippen LogP contribution is -2.35. The van der Waals surface area contributed by atoms with Crippen LogP contribution in [0.5, 0.6) is 0 Å². The number of carbonyl (C=O) groups is 1. The summed E-state index contributed by atoms with van der Waals surface area (Å²) in [5.41, 5.74) is 2.30. The van der Waals surface area contributed by atoms with E-state index in [1.807, 2.05) is 26.0 Å². The smallest absolute Gasteiger partial charge is 0.273 e. The van der Waals surface area contributed by atoms with Crippen molar-refractivity contribution < 1.29 is 13.2 Å². The molecule has 1 N–H and O–H groups in total. The predicted molar refractivity (Wildman–Crippen MR) is 102 cm³/mol. The number of hydrogen-bond donors (Lipinski definition) is 1. The largest absolute Gasteiger partial charge is 0.326 e. The number of aryl methyl sites for hydroxylation is 1. The second kappa shape index (κ2) is 7.17. The fourth-order valence-electron chi connectivity index (χ4n) is 2.97. The molecular weight excluding hydrogens is 356 g/mol. The molecule has 5 nitrogen and oxygen atoms in total. The third-order valence-electron chi connectivity index (χ3n) is 4.08. The molecule has 3 rings (SSSR count). The highest BCUT2D eigenvalue weighted by Gasteiger charge is 2.30. The van der Waals surface area contributed by atoms with E-state index in [-0.39, 0.29) is 11.8 Å². The first-order valence-electron chi connectivity index (χ1n) is 8.37. The number of anilines is 2. The van der Waals surface area contributed by atoms with E-state index in [1.54, 1.807) is 23.6 Å². The van der Waals surface area contributed by atoms with Gasteiger partial charge in [-0.1, -0.05) is 26.0 Å². The van der Waals surface area contributed by atoms with Crippen LogP contribution in [0.3, 0.4) is 0 Å². The Bertz CT molecular complexity index is 858. The third kappa shape index (κ3) is 3.88. The highest BCUT2D eigenvalue weighted by molar-refractivity contribution is 7.94. The molecule has 0 saturated carbocycles. The third-order valence-corrected chi connectivity index (χ3v) is 7.26. The van der Waals surface area contributed by atoms with Gasteiger partial charge in [0, 0.05) is 18.7 Å². The number of nitrogens with one attached hydrogen (secondary N) is 1. The molecule has 0 radical (unpaired) electrons. The maximum absolute atomic E-state index is 12.9. The molecule has 1 aromatic carbocycles. The van der Waals surface area contributed by atoms with Crippen molar-refractivity contribution in [3.8, 4) is 0 Å². The minimum Gasteiger partial charge on any atom is -0.326 e. The Balaban J connectivity index is 1.92. The number of carbonyl (C=O) groups excluding carboxylic acids is 1. The van der Waals surface area contributed by atoms with E-state index in [2.05, 4.69) is 5.32 Å². The molecule has 7 heteroatoms. The summed E-state index contributed by atoms with van der Waals surface area (Å²) in [4.78, 5) is 12.0. The van der Waals surface area contributed by atoms with Crippen LogP contribution in [0.2, 0.25) is 0 Å². The molecule has 1 amide bonds. The van der Waals surface area contributed by atoms with Crippen LogP contribution in [-0.4, -0.2) is 20.9 Å². The van der Waals surface area contributed by atoms with Crippen LogP contribution in [0.4, 0.5) is 11.4 Å². The van der Waals surface area contributed by atoms with E-state index in [0.717, 1.165) is 18.4 Å². The van der Waals surface area contributed by atoms with E-state index in [0.29, 0.717) is 28.5 Å². The molecule has 25 heavy (non-hydrogen) atoms. The predicted octanol–water partition coefficient (Wildman–Crippen LogP) is 3.87. The quantitative estimate of drug-likeness (QED) is 0.859. The molecular formula is C18H22N2O3S2. The number of sulfonamides is 1. The SMILES string of the molecule is CC(C)CC(=O)Nc1ccc2c(c1)N(S(=O)(=O)c1cccs1)CCC2. The van der Waals surface area contributed by atoms with Crippen LogP contribution in [0.1, 0.15) is 32.3 Å². The molecule has 0 fully saturated rings. The first-order chi connectivity index (χ1) is 11.9. The Labute approximate surface area is 152 Å². The number of nitrogens with zero attached hydrogens (tertiary/aromatic N) is 1. The van der Waals surface area contributed by atoms with E-state index < -0.39 is 10.0 Å². The molecule has 1 aromatic heterocycles. The summed E-state index contributed by atoms with van der Waals surface area (Å²) in [6, 6.07) is 8.90. The van der Waals surface area contributed by atoms with Crippen LogP contribution in [0, 0.1) is 5.92 Å². The van der Waals surface area contributed by atoms with Gasteiger partial charge in [0.05, 0.1) is 5.69 Å². The summed E-state index contributed by atoms with van der Waals surface area (Å²) < 4.78 is 27.7. The average molecular weight is 379 g/mol. The molecule has 0 unspecified atom stereocenters. The van der Waals surface area contributed by atoms with Gasteiger partial charge in [0.2, 0.25) is 5.91 Å². The number of amides is 1. The van der Waals surface area contributed by atoms with Crippen LogP contribution in [0.25, 0.3) is 0 Å². The standard InChI is InChI=1S/C18H22N2O3S2/c1-13(2)11-17(21)19-15-8-7-14-5-3-9-20(16(14)12-15)25(22,23)18-6-4-10-24-18/h4,6-8,10,12-13H,3,5,9,11H2,1-2H3,(H,19,21). The topological polar surface area (TPSA) is 66.5 Å². The van der Waals surface area contributed by atoms with Crippen LogP contribution < -0.4 is 9.62 Å². The second-order valence-electron chi connectivity index (χ2n) is 6.60. The monoisotopic (exact) mass is 378 g/mol. The van der Waals surface area contributed by atoms with Gasteiger partial charge >= 0.3 is 0 Å². The van der Waals surface area contributed by atoms with E-state index >= 15 is 0 Å². The molecule has 1 aliphatic rings. The van der Waals surface area contributed by atoms with Gasteiger partial charge < -0.3 is 5.32 Å². The molecule has 0 aliphatic carbocycles. The lowest BCUT2D eigenvalue weighted by Gasteiger charge is -2.30. The lowest BCUT2D eigenvalue weighted by atomic mass is 10.0.